The molecule has 1 aromatic heterocycles. The quantitative estimate of drug-likeness (QED) is 0.374. The Bertz CT molecular complexity index is 1230. The van der Waals surface area contributed by atoms with E-state index in [1.165, 1.54) is 21.8 Å². The summed E-state index contributed by atoms with van der Waals surface area (Å²) in [6, 6.07) is 8.09. The van der Waals surface area contributed by atoms with Crippen molar-refractivity contribution in [2.75, 3.05) is 5.32 Å². The first-order valence-electron chi connectivity index (χ1n) is 14.1. The van der Waals surface area contributed by atoms with Gasteiger partial charge in [0, 0.05) is 11.4 Å². The van der Waals surface area contributed by atoms with Crippen molar-refractivity contribution in [3.8, 4) is 0 Å². The Morgan fingerprint density at radius 1 is 1.05 bits per heavy atom. The predicted octanol–water partition coefficient (Wildman–Crippen LogP) is 6.21. The number of hydrogen-bond acceptors (Lipinski definition) is 4. The Labute approximate surface area is 229 Å². The summed E-state index contributed by atoms with van der Waals surface area (Å²) in [5, 5.41) is 16.6. The Hall–Kier alpha value is -2.67. The molecule has 0 radical (unpaired) electrons. The summed E-state index contributed by atoms with van der Waals surface area (Å²) in [5.74, 6) is -1.72. The second-order valence-electron chi connectivity index (χ2n) is 12.4. The molecule has 3 N–H and O–H groups in total. The van der Waals surface area contributed by atoms with Gasteiger partial charge in [-0.1, -0.05) is 57.0 Å². The number of carbonyl (C=O) groups excluding carboxylic acids is 2. The lowest BCUT2D eigenvalue weighted by atomic mass is 9.69. The molecule has 0 saturated heterocycles. The highest BCUT2D eigenvalue weighted by Gasteiger charge is 2.54. The van der Waals surface area contributed by atoms with Crippen LogP contribution in [0.3, 0.4) is 0 Å². The zero-order chi connectivity index (χ0) is 27.2. The van der Waals surface area contributed by atoms with Crippen molar-refractivity contribution in [1.29, 1.82) is 0 Å². The third kappa shape index (κ3) is 5.02. The van der Waals surface area contributed by atoms with Crippen LogP contribution in [0.25, 0.3) is 0 Å². The van der Waals surface area contributed by atoms with Crippen LogP contribution < -0.4 is 10.6 Å². The fourth-order valence-electron chi connectivity index (χ4n) is 7.07. The molecule has 3 aliphatic rings. The zero-order valence-electron chi connectivity index (χ0n) is 22.9. The third-order valence-corrected chi connectivity index (χ3v) is 11.0. The highest BCUT2D eigenvalue weighted by molar-refractivity contribution is 7.17. The molecule has 5 atom stereocenters. The normalized spacial score (nSPS) is 26.2. The van der Waals surface area contributed by atoms with Crippen LogP contribution in [-0.2, 0) is 29.0 Å². The van der Waals surface area contributed by atoms with Crippen LogP contribution in [0.5, 0.6) is 0 Å². The fourth-order valence-corrected chi connectivity index (χ4v) is 8.39. The molecule has 2 saturated carbocycles. The summed E-state index contributed by atoms with van der Waals surface area (Å²) in [4.78, 5) is 40.4. The SMILES string of the molecule is CCC(C)(C)[C@H]1CCc2c(sc(NC(=O)[C@H]3[C@@H]4CC[C@@H](C4)[C@@H]3C(=O)O)c2C(=O)NCc2ccc(C)cc2)C1. The molecule has 1 heterocycles. The fraction of sp³-hybridized carbons (Fsp3) is 0.581. The van der Waals surface area contributed by atoms with E-state index < -0.39 is 17.8 Å². The number of carboxylic acids is 1. The number of amides is 2. The minimum absolute atomic E-state index is 0.0825. The molecule has 2 bridgehead atoms. The lowest BCUT2D eigenvalue weighted by Crippen LogP contribution is -2.38. The van der Waals surface area contributed by atoms with Gasteiger partial charge < -0.3 is 15.7 Å². The van der Waals surface area contributed by atoms with E-state index in [2.05, 4.69) is 31.4 Å². The van der Waals surface area contributed by atoms with Crippen molar-refractivity contribution < 1.29 is 19.5 Å². The lowest BCUT2D eigenvalue weighted by Gasteiger charge is -2.36. The molecule has 5 rings (SSSR count). The number of carbonyl (C=O) groups is 3. The average molecular weight is 537 g/mol. The molecule has 0 spiro atoms. The lowest BCUT2D eigenvalue weighted by molar-refractivity contribution is -0.148. The van der Waals surface area contributed by atoms with Crippen molar-refractivity contribution in [1.82, 2.24) is 5.32 Å². The minimum atomic E-state index is -0.872. The smallest absolute Gasteiger partial charge is 0.307 e. The van der Waals surface area contributed by atoms with Gasteiger partial charge in [-0.25, -0.2) is 0 Å². The van der Waals surface area contributed by atoms with Gasteiger partial charge in [-0.05, 0) is 79.7 Å². The van der Waals surface area contributed by atoms with Gasteiger partial charge >= 0.3 is 5.97 Å². The number of benzene rings is 1. The monoisotopic (exact) mass is 536 g/mol. The molecule has 0 aliphatic heterocycles. The van der Waals surface area contributed by atoms with Gasteiger partial charge in [0.25, 0.3) is 5.91 Å². The maximum absolute atomic E-state index is 13.6. The van der Waals surface area contributed by atoms with Crippen molar-refractivity contribution in [3.05, 3.63) is 51.4 Å². The summed E-state index contributed by atoms with van der Waals surface area (Å²) >= 11 is 1.52. The van der Waals surface area contributed by atoms with Gasteiger partial charge in [-0.3, -0.25) is 14.4 Å². The van der Waals surface area contributed by atoms with Crippen LogP contribution in [0.4, 0.5) is 5.00 Å². The second-order valence-corrected chi connectivity index (χ2v) is 13.5. The van der Waals surface area contributed by atoms with Crippen molar-refractivity contribution in [2.24, 2.45) is 35.0 Å². The van der Waals surface area contributed by atoms with Crippen LogP contribution in [-0.4, -0.2) is 22.9 Å². The molecule has 2 aromatic rings. The Balaban J connectivity index is 1.42. The summed E-state index contributed by atoms with van der Waals surface area (Å²) in [6.45, 7) is 9.31. The molecule has 38 heavy (non-hydrogen) atoms. The summed E-state index contributed by atoms with van der Waals surface area (Å²) in [7, 11) is 0. The molecule has 2 fully saturated rings. The number of aliphatic carboxylic acids is 1. The Kier molecular flexibility index (Phi) is 7.42. The van der Waals surface area contributed by atoms with E-state index in [9.17, 15) is 19.5 Å². The van der Waals surface area contributed by atoms with Crippen molar-refractivity contribution in [3.63, 3.8) is 0 Å². The molecule has 0 unspecified atom stereocenters. The van der Waals surface area contributed by atoms with E-state index in [0.717, 1.165) is 56.1 Å². The number of aryl methyl sites for hydroxylation is 1. The van der Waals surface area contributed by atoms with E-state index in [-0.39, 0.29) is 29.1 Å². The molecule has 7 heteroatoms. The standard InChI is InChI=1S/C31H40N2O4S/c1-5-31(3,4)21-12-13-22-23(15-21)38-29(26(22)27(34)32-16-18-8-6-17(2)7-9-18)33-28(35)24-19-10-11-20(14-19)25(24)30(36)37/h6-9,19-21,24-25H,5,10-16H2,1-4H3,(H,32,34)(H,33,35)(H,36,37)/t19-,20+,21+,24+,25+/m1/s1. The number of carboxylic acid groups (broad SMARTS) is 1. The first-order valence-corrected chi connectivity index (χ1v) is 14.9. The number of nitrogens with one attached hydrogen (secondary N) is 2. The van der Waals surface area contributed by atoms with Crippen molar-refractivity contribution in [2.45, 2.75) is 79.2 Å². The summed E-state index contributed by atoms with van der Waals surface area (Å²) in [5.41, 5.74) is 4.03. The van der Waals surface area contributed by atoms with Crippen LogP contribution in [0.2, 0.25) is 0 Å². The van der Waals surface area contributed by atoms with Gasteiger partial charge in [-0.2, -0.15) is 0 Å². The van der Waals surface area contributed by atoms with E-state index in [1.807, 2.05) is 31.2 Å². The predicted molar refractivity (Wildman–Crippen MR) is 150 cm³/mol. The molecule has 3 aliphatic carbocycles. The maximum atomic E-state index is 13.6. The number of fused-ring (bicyclic) bond motifs is 3. The van der Waals surface area contributed by atoms with Crippen LogP contribution >= 0.6 is 11.3 Å². The Morgan fingerprint density at radius 3 is 2.39 bits per heavy atom. The van der Waals surface area contributed by atoms with Gasteiger partial charge in [0.2, 0.25) is 5.91 Å². The Morgan fingerprint density at radius 2 is 1.74 bits per heavy atom. The highest BCUT2D eigenvalue weighted by atomic mass is 32.1. The molecular formula is C31H40N2O4S. The number of anilines is 1. The largest absolute Gasteiger partial charge is 0.481 e. The van der Waals surface area contributed by atoms with Crippen molar-refractivity contribution >= 4 is 34.1 Å². The molecule has 204 valence electrons. The van der Waals surface area contributed by atoms with Crippen LogP contribution in [0.15, 0.2) is 24.3 Å². The molecule has 2 amide bonds. The van der Waals surface area contributed by atoms with E-state index in [0.29, 0.717) is 23.0 Å². The number of hydrogen-bond donors (Lipinski definition) is 3. The third-order valence-electron chi connectivity index (χ3n) is 9.82. The van der Waals surface area contributed by atoms with E-state index in [4.69, 9.17) is 0 Å². The molecule has 6 nitrogen and oxygen atoms in total. The first-order chi connectivity index (χ1) is 18.1. The van der Waals surface area contributed by atoms with Gasteiger partial charge in [-0.15, -0.1) is 11.3 Å². The van der Waals surface area contributed by atoms with Gasteiger partial charge in [0.05, 0.1) is 17.4 Å². The maximum Gasteiger partial charge on any atom is 0.307 e. The average Bonchev–Trinajstić information content (AvgIpc) is 3.60. The van der Waals surface area contributed by atoms with Gasteiger partial charge in [0.15, 0.2) is 0 Å². The van der Waals surface area contributed by atoms with E-state index in [1.54, 1.807) is 0 Å². The highest BCUT2D eigenvalue weighted by Crippen LogP contribution is 2.53. The van der Waals surface area contributed by atoms with Crippen LogP contribution in [0.1, 0.15) is 84.8 Å². The minimum Gasteiger partial charge on any atom is -0.481 e. The summed E-state index contributed by atoms with van der Waals surface area (Å²) in [6.07, 6.45) is 6.44. The number of thiophene rings is 1. The molecule has 1 aromatic carbocycles. The second kappa shape index (κ2) is 10.5. The topological polar surface area (TPSA) is 95.5 Å². The first kappa shape index (κ1) is 26.9. The van der Waals surface area contributed by atoms with Crippen LogP contribution in [0, 0.1) is 41.9 Å². The zero-order valence-corrected chi connectivity index (χ0v) is 23.7. The molecular weight excluding hydrogens is 496 g/mol. The van der Waals surface area contributed by atoms with Gasteiger partial charge in [0.1, 0.15) is 5.00 Å². The number of rotatable bonds is 8. The summed E-state index contributed by atoms with van der Waals surface area (Å²) < 4.78 is 0. The van der Waals surface area contributed by atoms with E-state index >= 15 is 0 Å².